The van der Waals surface area contributed by atoms with Crippen LogP contribution < -0.4 is 5.32 Å². The van der Waals surface area contributed by atoms with Crippen molar-refractivity contribution in [1.82, 2.24) is 10.2 Å². The first-order valence-electron chi connectivity index (χ1n) is 4.77. The van der Waals surface area contributed by atoms with E-state index >= 15 is 0 Å². The molecule has 1 aliphatic carbocycles. The van der Waals surface area contributed by atoms with Crippen LogP contribution in [0.3, 0.4) is 0 Å². The van der Waals surface area contributed by atoms with Gasteiger partial charge >= 0.3 is 0 Å². The third kappa shape index (κ3) is 1.79. The number of hydrogen-bond acceptors (Lipinski definition) is 3. The molecule has 1 heterocycles. The molecule has 1 aromatic heterocycles. The summed E-state index contributed by atoms with van der Waals surface area (Å²) >= 11 is 0. The fraction of sp³-hybridized carbons (Fsp3) is 0.600. The van der Waals surface area contributed by atoms with E-state index in [-0.39, 0.29) is 5.54 Å². The summed E-state index contributed by atoms with van der Waals surface area (Å²) in [5.74, 6) is 0.896. The topological polar surface area (TPSA) is 37.8 Å². The summed E-state index contributed by atoms with van der Waals surface area (Å²) in [5.41, 5.74) is 1.23. The van der Waals surface area contributed by atoms with Crippen LogP contribution in [-0.4, -0.2) is 15.7 Å². The van der Waals surface area contributed by atoms with Gasteiger partial charge in [0, 0.05) is 5.54 Å². The van der Waals surface area contributed by atoms with Gasteiger partial charge in [0.1, 0.15) is 5.82 Å². The number of aryl methyl sites for hydroxylation is 1. The lowest BCUT2D eigenvalue weighted by Crippen LogP contribution is -2.41. The van der Waals surface area contributed by atoms with Gasteiger partial charge in [-0.2, -0.15) is 5.10 Å². The van der Waals surface area contributed by atoms with Crippen molar-refractivity contribution in [3.05, 3.63) is 17.8 Å². The van der Waals surface area contributed by atoms with Gasteiger partial charge in [0.05, 0.1) is 5.69 Å². The molecule has 1 saturated carbocycles. The SMILES string of the molecule is Cc1ccc(NC2(C)CCC2)nn1. The molecule has 2 rings (SSSR count). The summed E-state index contributed by atoms with van der Waals surface area (Å²) in [7, 11) is 0. The second-order valence-corrected chi connectivity index (χ2v) is 4.10. The van der Waals surface area contributed by atoms with Crippen LogP contribution in [0, 0.1) is 6.92 Å². The summed E-state index contributed by atoms with van der Waals surface area (Å²) in [6.45, 7) is 4.18. The molecular weight excluding hydrogens is 162 g/mol. The van der Waals surface area contributed by atoms with Gasteiger partial charge < -0.3 is 5.32 Å². The van der Waals surface area contributed by atoms with E-state index in [0.717, 1.165) is 11.5 Å². The maximum absolute atomic E-state index is 4.08. The number of anilines is 1. The summed E-state index contributed by atoms with van der Waals surface area (Å²) in [6, 6.07) is 3.98. The third-order valence-corrected chi connectivity index (χ3v) is 2.68. The molecule has 3 nitrogen and oxygen atoms in total. The quantitative estimate of drug-likeness (QED) is 0.752. The van der Waals surface area contributed by atoms with Crippen molar-refractivity contribution in [2.75, 3.05) is 5.32 Å². The predicted octanol–water partition coefficient (Wildman–Crippen LogP) is 2.14. The highest BCUT2D eigenvalue weighted by molar-refractivity contribution is 5.37. The van der Waals surface area contributed by atoms with Gasteiger partial charge in [0.25, 0.3) is 0 Å². The molecule has 0 aromatic carbocycles. The Morgan fingerprint density at radius 2 is 2.08 bits per heavy atom. The first kappa shape index (κ1) is 8.48. The van der Waals surface area contributed by atoms with Crippen molar-refractivity contribution < 1.29 is 0 Å². The molecular formula is C10H15N3. The Bertz CT molecular complexity index is 288. The van der Waals surface area contributed by atoms with Crippen LogP contribution in [0.25, 0.3) is 0 Å². The molecule has 1 N–H and O–H groups in total. The zero-order chi connectivity index (χ0) is 9.31. The van der Waals surface area contributed by atoms with Gasteiger partial charge in [-0.05, 0) is 45.2 Å². The molecule has 0 atom stereocenters. The second-order valence-electron chi connectivity index (χ2n) is 4.10. The van der Waals surface area contributed by atoms with Crippen molar-refractivity contribution in [2.45, 2.75) is 38.6 Å². The minimum absolute atomic E-state index is 0.268. The number of rotatable bonds is 2. The molecule has 0 spiro atoms. The van der Waals surface area contributed by atoms with Crippen molar-refractivity contribution >= 4 is 5.82 Å². The molecule has 0 amide bonds. The molecule has 70 valence electrons. The molecule has 13 heavy (non-hydrogen) atoms. The highest BCUT2D eigenvalue weighted by Gasteiger charge is 2.31. The highest BCUT2D eigenvalue weighted by atomic mass is 15.2. The van der Waals surface area contributed by atoms with Gasteiger partial charge in [-0.3, -0.25) is 0 Å². The maximum Gasteiger partial charge on any atom is 0.149 e. The van der Waals surface area contributed by atoms with Gasteiger partial charge in [-0.25, -0.2) is 0 Å². The average Bonchev–Trinajstić information content (AvgIpc) is 2.06. The van der Waals surface area contributed by atoms with E-state index in [1.807, 2.05) is 19.1 Å². The van der Waals surface area contributed by atoms with E-state index in [0.29, 0.717) is 0 Å². The molecule has 3 heteroatoms. The Morgan fingerprint density at radius 1 is 1.31 bits per heavy atom. The fourth-order valence-electron chi connectivity index (χ4n) is 1.61. The van der Waals surface area contributed by atoms with Crippen molar-refractivity contribution in [2.24, 2.45) is 0 Å². The smallest absolute Gasteiger partial charge is 0.149 e. The minimum Gasteiger partial charge on any atom is -0.363 e. The van der Waals surface area contributed by atoms with E-state index in [9.17, 15) is 0 Å². The van der Waals surface area contributed by atoms with Crippen molar-refractivity contribution in [1.29, 1.82) is 0 Å². The summed E-state index contributed by atoms with van der Waals surface area (Å²) in [4.78, 5) is 0. The Labute approximate surface area is 78.6 Å². The van der Waals surface area contributed by atoms with Crippen LogP contribution in [0.15, 0.2) is 12.1 Å². The molecule has 0 bridgehead atoms. The maximum atomic E-state index is 4.08. The standard InChI is InChI=1S/C10H15N3/c1-8-4-5-9(13-12-8)11-10(2)6-3-7-10/h4-5H,3,6-7H2,1-2H3,(H,11,13). The molecule has 0 unspecified atom stereocenters. The van der Waals surface area contributed by atoms with Gasteiger partial charge in [0.2, 0.25) is 0 Å². The van der Waals surface area contributed by atoms with E-state index in [4.69, 9.17) is 0 Å². The average molecular weight is 177 g/mol. The van der Waals surface area contributed by atoms with Gasteiger partial charge in [0.15, 0.2) is 0 Å². The fourth-order valence-corrected chi connectivity index (χ4v) is 1.61. The van der Waals surface area contributed by atoms with Crippen molar-refractivity contribution in [3.63, 3.8) is 0 Å². The minimum atomic E-state index is 0.268. The number of nitrogens with one attached hydrogen (secondary N) is 1. The Hall–Kier alpha value is -1.12. The molecule has 1 aliphatic rings. The van der Waals surface area contributed by atoms with E-state index in [1.54, 1.807) is 0 Å². The summed E-state index contributed by atoms with van der Waals surface area (Å²) in [6.07, 6.45) is 3.80. The zero-order valence-electron chi connectivity index (χ0n) is 8.17. The van der Waals surface area contributed by atoms with Crippen molar-refractivity contribution in [3.8, 4) is 0 Å². The van der Waals surface area contributed by atoms with E-state index in [1.165, 1.54) is 19.3 Å². The van der Waals surface area contributed by atoms with Crippen LogP contribution in [0.1, 0.15) is 31.9 Å². The van der Waals surface area contributed by atoms with E-state index < -0.39 is 0 Å². The lowest BCUT2D eigenvalue weighted by Gasteiger charge is -2.39. The molecule has 0 radical (unpaired) electrons. The molecule has 1 fully saturated rings. The Morgan fingerprint density at radius 3 is 2.54 bits per heavy atom. The first-order chi connectivity index (χ1) is 6.18. The highest BCUT2D eigenvalue weighted by Crippen LogP contribution is 2.33. The molecule has 1 aromatic rings. The van der Waals surface area contributed by atoms with E-state index in [2.05, 4.69) is 22.4 Å². The largest absolute Gasteiger partial charge is 0.363 e. The lowest BCUT2D eigenvalue weighted by molar-refractivity contribution is 0.305. The predicted molar refractivity (Wildman–Crippen MR) is 52.6 cm³/mol. The monoisotopic (exact) mass is 177 g/mol. The van der Waals surface area contributed by atoms with Crippen LogP contribution >= 0.6 is 0 Å². The van der Waals surface area contributed by atoms with Crippen LogP contribution in [0.4, 0.5) is 5.82 Å². The molecule has 0 aliphatic heterocycles. The van der Waals surface area contributed by atoms with Gasteiger partial charge in [-0.1, -0.05) is 0 Å². The third-order valence-electron chi connectivity index (χ3n) is 2.68. The molecule has 0 saturated heterocycles. The summed E-state index contributed by atoms with van der Waals surface area (Å²) in [5, 5.41) is 11.5. The number of aromatic nitrogens is 2. The van der Waals surface area contributed by atoms with Crippen LogP contribution in [0.2, 0.25) is 0 Å². The number of nitrogens with zero attached hydrogens (tertiary/aromatic N) is 2. The lowest BCUT2D eigenvalue weighted by atomic mass is 9.78. The second kappa shape index (κ2) is 2.98. The summed E-state index contributed by atoms with van der Waals surface area (Å²) < 4.78 is 0. The van der Waals surface area contributed by atoms with Crippen LogP contribution in [0.5, 0.6) is 0 Å². The normalized spacial score (nSPS) is 19.2. The number of hydrogen-bond donors (Lipinski definition) is 1. The Balaban J connectivity index is 2.05. The van der Waals surface area contributed by atoms with Gasteiger partial charge in [-0.15, -0.1) is 5.10 Å². The first-order valence-corrected chi connectivity index (χ1v) is 4.77. The zero-order valence-corrected chi connectivity index (χ0v) is 8.17. The van der Waals surface area contributed by atoms with Crippen LogP contribution in [-0.2, 0) is 0 Å². The Kier molecular flexibility index (Phi) is 1.94.